The molecule has 6 heteroatoms. The van der Waals surface area contributed by atoms with Crippen LogP contribution in [0.1, 0.15) is 37.1 Å². The fourth-order valence-electron chi connectivity index (χ4n) is 3.69. The lowest BCUT2D eigenvalue weighted by molar-refractivity contribution is -0.121. The number of benzene rings is 2. The summed E-state index contributed by atoms with van der Waals surface area (Å²) in [6.07, 6.45) is 1.80. The highest BCUT2D eigenvalue weighted by molar-refractivity contribution is 5.95. The van der Waals surface area contributed by atoms with Crippen LogP contribution in [0, 0.1) is 11.3 Å². The molecular formula is C22H22N4O2. The second-order valence-corrected chi connectivity index (χ2v) is 7.15. The Labute approximate surface area is 163 Å². The van der Waals surface area contributed by atoms with Crippen LogP contribution in [0.2, 0.25) is 0 Å². The maximum Gasteiger partial charge on any atom is 0.241 e. The number of fused-ring (bicyclic) bond motifs is 1. The summed E-state index contributed by atoms with van der Waals surface area (Å²) in [6.45, 7) is 3.51. The van der Waals surface area contributed by atoms with Crippen LogP contribution in [0.4, 0.5) is 5.69 Å². The Balaban J connectivity index is 1.37. The first kappa shape index (κ1) is 18.2. The molecule has 2 heterocycles. The normalized spacial score (nSPS) is 16.6. The van der Waals surface area contributed by atoms with E-state index in [1.165, 1.54) is 0 Å². The topological polar surface area (TPSA) is 82.2 Å². The molecule has 1 aliphatic rings. The standard InChI is InChI=1S/C22H22N4O2/c1-15(21(27)24-18-7-3-2-6-17(18)14-23)26-12-10-16(11-13-26)22-25-19-8-4-5-9-20(19)28-22/h2-9,15-16H,10-13H2,1H3,(H,24,27). The number of aromatic nitrogens is 1. The first-order valence-corrected chi connectivity index (χ1v) is 9.55. The van der Waals surface area contributed by atoms with Gasteiger partial charge in [0.1, 0.15) is 11.6 Å². The van der Waals surface area contributed by atoms with Gasteiger partial charge in [0, 0.05) is 5.92 Å². The van der Waals surface area contributed by atoms with Crippen molar-refractivity contribution in [2.75, 3.05) is 18.4 Å². The van der Waals surface area contributed by atoms with Gasteiger partial charge >= 0.3 is 0 Å². The summed E-state index contributed by atoms with van der Waals surface area (Å²) >= 11 is 0. The minimum absolute atomic E-state index is 0.0944. The van der Waals surface area contributed by atoms with Crippen LogP contribution in [0.25, 0.3) is 11.1 Å². The van der Waals surface area contributed by atoms with Gasteiger partial charge in [-0.2, -0.15) is 5.26 Å². The number of rotatable bonds is 4. The van der Waals surface area contributed by atoms with Crippen molar-refractivity contribution >= 4 is 22.7 Å². The third-order valence-electron chi connectivity index (χ3n) is 5.42. The van der Waals surface area contributed by atoms with Gasteiger partial charge in [0.05, 0.1) is 17.3 Å². The Morgan fingerprint density at radius 3 is 2.68 bits per heavy atom. The van der Waals surface area contributed by atoms with Crippen molar-refractivity contribution in [3.63, 3.8) is 0 Å². The molecule has 2 aromatic carbocycles. The molecule has 0 saturated carbocycles. The van der Waals surface area contributed by atoms with E-state index in [4.69, 9.17) is 4.42 Å². The number of amides is 1. The van der Waals surface area contributed by atoms with Crippen LogP contribution < -0.4 is 5.32 Å². The van der Waals surface area contributed by atoms with Crippen LogP contribution in [0.3, 0.4) is 0 Å². The molecule has 6 nitrogen and oxygen atoms in total. The van der Waals surface area contributed by atoms with E-state index in [0.29, 0.717) is 11.3 Å². The summed E-state index contributed by atoms with van der Waals surface area (Å²) in [6, 6.07) is 16.7. The molecule has 1 aromatic heterocycles. The van der Waals surface area contributed by atoms with E-state index in [0.717, 1.165) is 42.9 Å². The lowest BCUT2D eigenvalue weighted by Crippen LogP contribution is -2.45. The van der Waals surface area contributed by atoms with Crippen LogP contribution in [0.15, 0.2) is 52.9 Å². The minimum Gasteiger partial charge on any atom is -0.440 e. The molecule has 0 spiro atoms. The average molecular weight is 374 g/mol. The van der Waals surface area contributed by atoms with Gasteiger partial charge in [-0.1, -0.05) is 24.3 Å². The van der Waals surface area contributed by atoms with Gasteiger partial charge in [-0.3, -0.25) is 9.69 Å². The first-order valence-electron chi connectivity index (χ1n) is 9.55. The number of oxazole rings is 1. The Morgan fingerprint density at radius 1 is 1.21 bits per heavy atom. The van der Waals surface area contributed by atoms with Crippen molar-refractivity contribution in [2.45, 2.75) is 31.7 Å². The molecule has 1 fully saturated rings. The number of hydrogen-bond donors (Lipinski definition) is 1. The SMILES string of the molecule is CC(C(=O)Nc1ccccc1C#N)N1CCC(c2nc3ccccc3o2)CC1. The van der Waals surface area contributed by atoms with E-state index in [1.807, 2.05) is 37.3 Å². The van der Waals surface area contributed by atoms with Gasteiger partial charge in [-0.15, -0.1) is 0 Å². The van der Waals surface area contributed by atoms with Crippen molar-refractivity contribution in [1.82, 2.24) is 9.88 Å². The monoisotopic (exact) mass is 374 g/mol. The van der Waals surface area contributed by atoms with Crippen molar-refractivity contribution in [3.8, 4) is 6.07 Å². The Morgan fingerprint density at radius 2 is 1.93 bits per heavy atom. The largest absolute Gasteiger partial charge is 0.440 e. The fourth-order valence-corrected chi connectivity index (χ4v) is 3.69. The molecule has 4 rings (SSSR count). The first-order chi connectivity index (χ1) is 13.7. The summed E-state index contributed by atoms with van der Waals surface area (Å²) < 4.78 is 5.92. The Kier molecular flexibility index (Phi) is 5.09. The lowest BCUT2D eigenvalue weighted by atomic mass is 9.95. The van der Waals surface area contributed by atoms with Crippen molar-refractivity contribution in [3.05, 3.63) is 60.0 Å². The predicted octanol–water partition coefficient (Wildman–Crippen LogP) is 3.91. The molecule has 1 N–H and O–H groups in total. The van der Waals surface area contributed by atoms with E-state index < -0.39 is 0 Å². The van der Waals surface area contributed by atoms with Gasteiger partial charge < -0.3 is 9.73 Å². The molecule has 1 saturated heterocycles. The number of nitrogens with zero attached hydrogens (tertiary/aromatic N) is 3. The van der Waals surface area contributed by atoms with E-state index in [2.05, 4.69) is 21.3 Å². The van der Waals surface area contributed by atoms with Crippen molar-refractivity contribution < 1.29 is 9.21 Å². The van der Waals surface area contributed by atoms with Crippen LogP contribution >= 0.6 is 0 Å². The number of nitriles is 1. The number of piperidine rings is 1. The highest BCUT2D eigenvalue weighted by Crippen LogP contribution is 2.30. The number of anilines is 1. The summed E-state index contributed by atoms with van der Waals surface area (Å²) in [5.74, 6) is 0.974. The van der Waals surface area contributed by atoms with Gasteiger partial charge in [0.15, 0.2) is 11.5 Å². The molecule has 142 valence electrons. The minimum atomic E-state index is -0.267. The molecular weight excluding hydrogens is 352 g/mol. The number of likely N-dealkylation sites (tertiary alicyclic amines) is 1. The quantitative estimate of drug-likeness (QED) is 0.749. The third-order valence-corrected chi connectivity index (χ3v) is 5.42. The van der Waals surface area contributed by atoms with E-state index in [1.54, 1.807) is 18.2 Å². The average Bonchev–Trinajstić information content (AvgIpc) is 3.18. The highest BCUT2D eigenvalue weighted by atomic mass is 16.3. The van der Waals surface area contributed by atoms with E-state index >= 15 is 0 Å². The van der Waals surface area contributed by atoms with Gasteiger partial charge in [0.25, 0.3) is 0 Å². The fraction of sp³-hybridized carbons (Fsp3) is 0.318. The van der Waals surface area contributed by atoms with Crippen molar-refractivity contribution in [2.24, 2.45) is 0 Å². The summed E-state index contributed by atoms with van der Waals surface area (Å²) in [4.78, 5) is 19.4. The number of nitrogens with one attached hydrogen (secondary N) is 1. The molecule has 0 aliphatic carbocycles. The maximum atomic E-state index is 12.7. The molecule has 28 heavy (non-hydrogen) atoms. The molecule has 1 atom stereocenters. The van der Waals surface area contributed by atoms with Crippen LogP contribution in [-0.2, 0) is 4.79 Å². The molecule has 3 aromatic rings. The second kappa shape index (κ2) is 7.83. The third kappa shape index (κ3) is 3.62. The summed E-state index contributed by atoms with van der Waals surface area (Å²) in [5, 5.41) is 12.1. The number of carbonyl (C=O) groups excluding carboxylic acids is 1. The van der Waals surface area contributed by atoms with E-state index in [9.17, 15) is 10.1 Å². The molecule has 1 aliphatic heterocycles. The highest BCUT2D eigenvalue weighted by Gasteiger charge is 2.29. The molecule has 1 unspecified atom stereocenters. The number of hydrogen-bond acceptors (Lipinski definition) is 5. The lowest BCUT2D eigenvalue weighted by Gasteiger charge is -2.34. The zero-order chi connectivity index (χ0) is 19.5. The Bertz CT molecular complexity index is 995. The molecule has 0 bridgehead atoms. The number of carbonyl (C=O) groups is 1. The van der Waals surface area contributed by atoms with Crippen LogP contribution in [0.5, 0.6) is 0 Å². The van der Waals surface area contributed by atoms with Crippen LogP contribution in [-0.4, -0.2) is 34.9 Å². The van der Waals surface area contributed by atoms with Crippen molar-refractivity contribution in [1.29, 1.82) is 5.26 Å². The Hall–Kier alpha value is -3.17. The number of para-hydroxylation sites is 3. The molecule has 0 radical (unpaired) electrons. The zero-order valence-corrected chi connectivity index (χ0v) is 15.8. The van der Waals surface area contributed by atoms with Gasteiger partial charge in [-0.25, -0.2) is 4.98 Å². The maximum absolute atomic E-state index is 12.7. The predicted molar refractivity (Wildman–Crippen MR) is 107 cm³/mol. The summed E-state index contributed by atoms with van der Waals surface area (Å²) in [7, 11) is 0. The zero-order valence-electron chi connectivity index (χ0n) is 15.8. The van der Waals surface area contributed by atoms with E-state index in [-0.39, 0.29) is 17.9 Å². The van der Waals surface area contributed by atoms with Gasteiger partial charge in [-0.05, 0) is 57.1 Å². The smallest absolute Gasteiger partial charge is 0.241 e. The van der Waals surface area contributed by atoms with Gasteiger partial charge in [0.2, 0.25) is 5.91 Å². The molecule has 1 amide bonds. The second-order valence-electron chi connectivity index (χ2n) is 7.15. The summed E-state index contributed by atoms with van der Waals surface area (Å²) in [5.41, 5.74) is 2.74.